The number of nitrogens with zero attached hydrogens (tertiary/aromatic N) is 1. The first kappa shape index (κ1) is 20.3. The highest BCUT2D eigenvalue weighted by Gasteiger charge is 2.31. The second-order valence-electron chi connectivity index (χ2n) is 6.98. The van der Waals surface area contributed by atoms with E-state index in [-0.39, 0.29) is 10.6 Å². The maximum absolute atomic E-state index is 13.5. The van der Waals surface area contributed by atoms with Gasteiger partial charge in [-0.05, 0) is 29.8 Å². The summed E-state index contributed by atoms with van der Waals surface area (Å²) in [6, 6.07) is 14.3. The van der Waals surface area contributed by atoms with Crippen LogP contribution in [0.2, 0.25) is 5.02 Å². The number of halogens is 6. The largest absolute Gasteiger partial charge is 0.416 e. The first-order valence-electron chi connectivity index (χ1n) is 8.88. The molecular formula is C22H14ClF5N2. The van der Waals surface area contributed by atoms with Crippen LogP contribution in [0.25, 0.3) is 33.5 Å². The number of fused-ring (bicyclic) bond motifs is 1. The van der Waals surface area contributed by atoms with E-state index in [0.29, 0.717) is 33.5 Å². The van der Waals surface area contributed by atoms with E-state index in [4.69, 9.17) is 11.6 Å². The maximum Gasteiger partial charge on any atom is 0.416 e. The van der Waals surface area contributed by atoms with Crippen LogP contribution in [0, 0.1) is 0 Å². The third-order valence-electron chi connectivity index (χ3n) is 4.75. The molecule has 154 valence electrons. The molecule has 4 rings (SSSR count). The summed E-state index contributed by atoms with van der Waals surface area (Å²) in [7, 11) is 0. The zero-order valence-corrected chi connectivity index (χ0v) is 16.2. The number of hydrogen-bond acceptors (Lipinski definition) is 1. The quantitative estimate of drug-likeness (QED) is 0.328. The number of H-pyrrole nitrogens is 1. The molecule has 0 amide bonds. The zero-order chi connectivity index (χ0) is 21.7. The van der Waals surface area contributed by atoms with Crippen LogP contribution in [-0.2, 0) is 12.1 Å². The standard InChI is InChI=1S/C22H14ClF5N2/c1-21(24,25)14-7-9-18-19(11-14)30-20(29-18)13-4-2-12(3-5-13)16-8-6-15(10-17(16)23)22(26,27)28/h2-11H,1H3,(H,29,30). The molecule has 0 saturated carbocycles. The van der Waals surface area contributed by atoms with Crippen molar-refractivity contribution in [2.75, 3.05) is 0 Å². The number of rotatable bonds is 3. The van der Waals surface area contributed by atoms with Gasteiger partial charge in [-0.2, -0.15) is 13.2 Å². The van der Waals surface area contributed by atoms with Crippen LogP contribution in [0.3, 0.4) is 0 Å². The minimum atomic E-state index is -4.46. The summed E-state index contributed by atoms with van der Waals surface area (Å²) in [4.78, 5) is 7.44. The summed E-state index contributed by atoms with van der Waals surface area (Å²) in [6.07, 6.45) is -4.46. The molecule has 0 spiro atoms. The average Bonchev–Trinajstić information content (AvgIpc) is 3.10. The van der Waals surface area contributed by atoms with E-state index in [1.165, 1.54) is 24.3 Å². The van der Waals surface area contributed by atoms with Gasteiger partial charge in [-0.25, -0.2) is 13.8 Å². The molecule has 1 N–H and O–H groups in total. The fraction of sp³-hybridized carbons (Fsp3) is 0.136. The Bertz CT molecular complexity index is 1220. The van der Waals surface area contributed by atoms with Crippen LogP contribution < -0.4 is 0 Å². The van der Waals surface area contributed by atoms with Gasteiger partial charge in [-0.3, -0.25) is 0 Å². The summed E-state index contributed by atoms with van der Waals surface area (Å²) in [5.74, 6) is -2.46. The van der Waals surface area contributed by atoms with E-state index in [1.807, 2.05) is 0 Å². The number of aromatic amines is 1. The molecule has 0 fully saturated rings. The van der Waals surface area contributed by atoms with Crippen molar-refractivity contribution in [2.24, 2.45) is 0 Å². The highest BCUT2D eigenvalue weighted by atomic mass is 35.5. The van der Waals surface area contributed by atoms with Gasteiger partial charge in [0.05, 0.1) is 16.6 Å². The summed E-state index contributed by atoms with van der Waals surface area (Å²) >= 11 is 6.05. The second kappa shape index (κ2) is 7.09. The van der Waals surface area contributed by atoms with E-state index < -0.39 is 17.7 Å². The Kier molecular flexibility index (Phi) is 4.81. The van der Waals surface area contributed by atoms with Crippen LogP contribution in [-0.4, -0.2) is 9.97 Å². The van der Waals surface area contributed by atoms with Crippen molar-refractivity contribution in [1.29, 1.82) is 0 Å². The molecule has 0 aliphatic rings. The molecular weight excluding hydrogens is 423 g/mol. The van der Waals surface area contributed by atoms with E-state index in [0.717, 1.165) is 19.1 Å². The Labute approximate surface area is 173 Å². The van der Waals surface area contributed by atoms with Crippen molar-refractivity contribution in [3.8, 4) is 22.5 Å². The topological polar surface area (TPSA) is 28.7 Å². The van der Waals surface area contributed by atoms with Gasteiger partial charge in [0, 0.05) is 28.6 Å². The Morgan fingerprint density at radius 1 is 0.800 bits per heavy atom. The van der Waals surface area contributed by atoms with Crippen molar-refractivity contribution < 1.29 is 22.0 Å². The molecule has 0 aliphatic heterocycles. The van der Waals surface area contributed by atoms with Crippen molar-refractivity contribution in [1.82, 2.24) is 9.97 Å². The molecule has 0 unspecified atom stereocenters. The number of hydrogen-bond donors (Lipinski definition) is 1. The molecule has 4 aromatic rings. The molecule has 0 bridgehead atoms. The monoisotopic (exact) mass is 436 g/mol. The lowest BCUT2D eigenvalue weighted by molar-refractivity contribution is -0.137. The summed E-state index contributed by atoms with van der Waals surface area (Å²) in [6.45, 7) is 0.830. The Morgan fingerprint density at radius 3 is 2.03 bits per heavy atom. The van der Waals surface area contributed by atoms with Gasteiger partial charge in [0.15, 0.2) is 0 Å². The Hall–Kier alpha value is -2.93. The molecule has 3 aromatic carbocycles. The second-order valence-corrected chi connectivity index (χ2v) is 7.38. The van der Waals surface area contributed by atoms with Crippen molar-refractivity contribution in [3.05, 3.63) is 76.8 Å². The Balaban J connectivity index is 1.65. The lowest BCUT2D eigenvalue weighted by atomic mass is 10.0. The maximum atomic E-state index is 13.5. The van der Waals surface area contributed by atoms with Gasteiger partial charge >= 0.3 is 6.18 Å². The third kappa shape index (κ3) is 3.89. The molecule has 8 heteroatoms. The molecule has 1 aromatic heterocycles. The summed E-state index contributed by atoms with van der Waals surface area (Å²) < 4.78 is 65.5. The molecule has 0 aliphatic carbocycles. The lowest BCUT2D eigenvalue weighted by Crippen LogP contribution is -2.06. The van der Waals surface area contributed by atoms with Gasteiger partial charge in [0.2, 0.25) is 0 Å². The van der Waals surface area contributed by atoms with Crippen molar-refractivity contribution >= 4 is 22.6 Å². The molecule has 0 atom stereocenters. The van der Waals surface area contributed by atoms with Gasteiger partial charge in [-0.1, -0.05) is 48.0 Å². The van der Waals surface area contributed by atoms with Crippen molar-refractivity contribution in [3.63, 3.8) is 0 Å². The molecule has 1 heterocycles. The zero-order valence-electron chi connectivity index (χ0n) is 15.5. The van der Waals surface area contributed by atoms with E-state index in [2.05, 4.69) is 9.97 Å². The van der Waals surface area contributed by atoms with Crippen LogP contribution in [0.1, 0.15) is 18.1 Å². The van der Waals surface area contributed by atoms with Gasteiger partial charge in [-0.15, -0.1) is 0 Å². The van der Waals surface area contributed by atoms with Crippen LogP contribution in [0.4, 0.5) is 22.0 Å². The number of benzene rings is 3. The van der Waals surface area contributed by atoms with E-state index in [9.17, 15) is 22.0 Å². The molecule has 0 radical (unpaired) electrons. The Morgan fingerprint density at radius 2 is 1.43 bits per heavy atom. The SMILES string of the molecule is CC(F)(F)c1ccc2nc(-c3ccc(-c4ccc(C(F)(F)F)cc4Cl)cc3)[nH]c2c1. The minimum absolute atomic E-state index is 0.00525. The number of imidazole rings is 1. The lowest BCUT2D eigenvalue weighted by Gasteiger charge is -2.10. The van der Waals surface area contributed by atoms with Crippen LogP contribution in [0.5, 0.6) is 0 Å². The summed E-state index contributed by atoms with van der Waals surface area (Å²) in [5.41, 5.74) is 1.91. The first-order chi connectivity index (χ1) is 14.0. The molecule has 2 nitrogen and oxygen atoms in total. The average molecular weight is 437 g/mol. The van der Waals surface area contributed by atoms with E-state index >= 15 is 0 Å². The molecule has 30 heavy (non-hydrogen) atoms. The number of nitrogens with one attached hydrogen (secondary N) is 1. The predicted molar refractivity (Wildman–Crippen MR) is 107 cm³/mol. The fourth-order valence-corrected chi connectivity index (χ4v) is 3.44. The number of aromatic nitrogens is 2. The van der Waals surface area contributed by atoms with Crippen LogP contribution in [0.15, 0.2) is 60.7 Å². The summed E-state index contributed by atoms with van der Waals surface area (Å²) in [5, 5.41) is -0.00525. The van der Waals surface area contributed by atoms with Gasteiger partial charge in [0.1, 0.15) is 5.82 Å². The smallest absolute Gasteiger partial charge is 0.338 e. The first-order valence-corrected chi connectivity index (χ1v) is 9.26. The normalized spacial score (nSPS) is 12.5. The van der Waals surface area contributed by atoms with Crippen molar-refractivity contribution in [2.45, 2.75) is 19.0 Å². The third-order valence-corrected chi connectivity index (χ3v) is 5.07. The highest BCUT2D eigenvalue weighted by molar-refractivity contribution is 6.33. The number of alkyl halides is 5. The van der Waals surface area contributed by atoms with Gasteiger partial charge < -0.3 is 4.98 Å². The van der Waals surface area contributed by atoms with Crippen LogP contribution >= 0.6 is 11.6 Å². The highest BCUT2D eigenvalue weighted by Crippen LogP contribution is 2.36. The molecule has 0 saturated heterocycles. The van der Waals surface area contributed by atoms with Gasteiger partial charge in [0.25, 0.3) is 5.92 Å². The fourth-order valence-electron chi connectivity index (χ4n) is 3.15. The minimum Gasteiger partial charge on any atom is -0.338 e. The van der Waals surface area contributed by atoms with E-state index in [1.54, 1.807) is 24.3 Å². The predicted octanol–water partition coefficient (Wildman–Crippen LogP) is 7.68.